The van der Waals surface area contributed by atoms with Crippen molar-refractivity contribution in [3.05, 3.63) is 61.7 Å². The molecule has 1 aromatic carbocycles. The fraction of sp³-hybridized carbons (Fsp3) is 0.188. The fourth-order valence-corrected chi connectivity index (χ4v) is 3.41. The zero-order valence-electron chi connectivity index (χ0n) is 12.5. The summed E-state index contributed by atoms with van der Waals surface area (Å²) in [5.41, 5.74) is -0.325. The number of aryl methyl sites for hydroxylation is 1. The van der Waals surface area contributed by atoms with Gasteiger partial charge in [0.05, 0.1) is 17.5 Å². The number of nitrogens with zero attached hydrogens (tertiary/aromatic N) is 2. The molecule has 0 bridgehead atoms. The van der Waals surface area contributed by atoms with Gasteiger partial charge in [0.2, 0.25) is 0 Å². The maximum Gasteiger partial charge on any atom is 0.338 e. The van der Waals surface area contributed by atoms with E-state index >= 15 is 0 Å². The number of carboxylic acids is 1. The molecule has 0 atom stereocenters. The third kappa shape index (κ3) is 2.53. The van der Waals surface area contributed by atoms with Gasteiger partial charge < -0.3 is 9.67 Å². The number of aromatic carboxylic acids is 1. The Morgan fingerprint density at radius 1 is 1.39 bits per heavy atom. The Bertz CT molecular complexity index is 991. The van der Waals surface area contributed by atoms with Gasteiger partial charge in [-0.2, -0.15) is 0 Å². The SMILES string of the molecule is Cc1cnc(Cn2c(C)c(C(=O)O)c3cccc(F)c3c2=O)s1. The number of rotatable bonds is 3. The van der Waals surface area contributed by atoms with E-state index in [4.69, 9.17) is 0 Å². The zero-order valence-corrected chi connectivity index (χ0v) is 13.3. The third-order valence-corrected chi connectivity index (χ3v) is 4.58. The van der Waals surface area contributed by atoms with Gasteiger partial charge in [0, 0.05) is 22.2 Å². The van der Waals surface area contributed by atoms with Crippen LogP contribution in [0, 0.1) is 19.7 Å². The molecule has 0 unspecified atom stereocenters. The second kappa shape index (κ2) is 5.58. The Balaban J connectivity index is 2.35. The molecule has 0 aliphatic carbocycles. The van der Waals surface area contributed by atoms with E-state index < -0.39 is 17.3 Å². The van der Waals surface area contributed by atoms with Crippen LogP contribution in [0.25, 0.3) is 10.8 Å². The van der Waals surface area contributed by atoms with Gasteiger partial charge in [-0.15, -0.1) is 11.3 Å². The minimum atomic E-state index is -1.19. The number of fused-ring (bicyclic) bond motifs is 1. The van der Waals surface area contributed by atoms with Crippen LogP contribution in [0.3, 0.4) is 0 Å². The highest BCUT2D eigenvalue weighted by molar-refractivity contribution is 7.11. The van der Waals surface area contributed by atoms with Crippen molar-refractivity contribution in [2.75, 3.05) is 0 Å². The fourth-order valence-electron chi connectivity index (χ4n) is 2.64. The Morgan fingerprint density at radius 3 is 2.74 bits per heavy atom. The first-order valence-electron chi connectivity index (χ1n) is 6.86. The molecular weight excluding hydrogens is 319 g/mol. The lowest BCUT2D eigenvalue weighted by atomic mass is 10.0. The number of thiazole rings is 1. The van der Waals surface area contributed by atoms with Crippen molar-refractivity contribution in [1.82, 2.24) is 9.55 Å². The summed E-state index contributed by atoms with van der Waals surface area (Å²) in [7, 11) is 0. The summed E-state index contributed by atoms with van der Waals surface area (Å²) in [5, 5.41) is 10.1. The maximum atomic E-state index is 14.1. The van der Waals surface area contributed by atoms with Gasteiger partial charge in [-0.05, 0) is 19.9 Å². The molecule has 2 heterocycles. The molecule has 23 heavy (non-hydrogen) atoms. The lowest BCUT2D eigenvalue weighted by Gasteiger charge is -2.14. The molecular formula is C16H13FN2O3S. The highest BCUT2D eigenvalue weighted by Gasteiger charge is 2.21. The average Bonchev–Trinajstić information content (AvgIpc) is 2.88. The van der Waals surface area contributed by atoms with E-state index in [-0.39, 0.29) is 28.6 Å². The minimum absolute atomic E-state index is 0.0626. The molecule has 0 spiro atoms. The molecule has 0 saturated heterocycles. The number of halogens is 1. The molecule has 3 rings (SSSR count). The number of hydrogen-bond donors (Lipinski definition) is 1. The number of aromatic nitrogens is 2. The third-order valence-electron chi connectivity index (χ3n) is 3.69. The molecule has 5 nitrogen and oxygen atoms in total. The Labute approximate surface area is 134 Å². The molecule has 1 N–H and O–H groups in total. The van der Waals surface area contributed by atoms with Crippen LogP contribution in [-0.4, -0.2) is 20.6 Å². The first-order valence-corrected chi connectivity index (χ1v) is 7.68. The monoisotopic (exact) mass is 332 g/mol. The first kappa shape index (κ1) is 15.4. The van der Waals surface area contributed by atoms with Crippen LogP contribution in [0.15, 0.2) is 29.2 Å². The standard InChI is InChI=1S/C16H13FN2O3S/c1-8-6-18-12(23-8)7-19-9(2)13(16(21)22)10-4-3-5-11(17)14(10)15(19)20/h3-6H,7H2,1-2H3,(H,21,22). The Kier molecular flexibility index (Phi) is 3.73. The van der Waals surface area contributed by atoms with Crippen LogP contribution in [0.1, 0.15) is 25.9 Å². The van der Waals surface area contributed by atoms with E-state index in [1.807, 2.05) is 6.92 Å². The molecule has 118 valence electrons. The van der Waals surface area contributed by atoms with Gasteiger partial charge in [0.25, 0.3) is 5.56 Å². The van der Waals surface area contributed by atoms with Crippen molar-refractivity contribution >= 4 is 28.1 Å². The van der Waals surface area contributed by atoms with E-state index in [9.17, 15) is 19.1 Å². The predicted octanol–water partition coefficient (Wildman–Crippen LogP) is 2.96. The summed E-state index contributed by atoms with van der Waals surface area (Å²) in [5.74, 6) is -1.92. The van der Waals surface area contributed by atoms with E-state index in [1.54, 1.807) is 13.1 Å². The van der Waals surface area contributed by atoms with Gasteiger partial charge in [-0.25, -0.2) is 14.2 Å². The highest BCUT2D eigenvalue weighted by Crippen LogP contribution is 2.23. The van der Waals surface area contributed by atoms with Crippen molar-refractivity contribution in [3.8, 4) is 0 Å². The average molecular weight is 332 g/mol. The summed E-state index contributed by atoms with van der Waals surface area (Å²) < 4.78 is 15.4. The zero-order chi connectivity index (χ0) is 16.7. The van der Waals surface area contributed by atoms with Crippen LogP contribution in [0.5, 0.6) is 0 Å². The maximum absolute atomic E-state index is 14.1. The lowest BCUT2D eigenvalue weighted by Crippen LogP contribution is -2.26. The number of hydrogen-bond acceptors (Lipinski definition) is 4. The lowest BCUT2D eigenvalue weighted by molar-refractivity contribution is 0.0697. The van der Waals surface area contributed by atoms with Crippen LogP contribution in [0.4, 0.5) is 4.39 Å². The van der Waals surface area contributed by atoms with Crippen molar-refractivity contribution < 1.29 is 14.3 Å². The smallest absolute Gasteiger partial charge is 0.338 e. The number of carbonyl (C=O) groups is 1. The molecule has 0 fully saturated rings. The Hall–Kier alpha value is -2.54. The quantitative estimate of drug-likeness (QED) is 0.800. The van der Waals surface area contributed by atoms with Crippen LogP contribution >= 0.6 is 11.3 Å². The molecule has 0 aliphatic rings. The molecule has 0 radical (unpaired) electrons. The molecule has 0 amide bonds. The number of benzene rings is 1. The van der Waals surface area contributed by atoms with Crippen LogP contribution < -0.4 is 5.56 Å². The molecule has 2 aromatic heterocycles. The Morgan fingerprint density at radius 2 is 2.13 bits per heavy atom. The number of carboxylic acid groups (broad SMARTS) is 1. The summed E-state index contributed by atoms with van der Waals surface area (Å²) in [6.45, 7) is 3.56. The molecule has 3 aromatic rings. The summed E-state index contributed by atoms with van der Waals surface area (Å²) in [6, 6.07) is 4.01. The normalized spacial score (nSPS) is 11.1. The van der Waals surface area contributed by atoms with Gasteiger partial charge in [0.1, 0.15) is 10.8 Å². The van der Waals surface area contributed by atoms with Crippen molar-refractivity contribution in [2.24, 2.45) is 0 Å². The van der Waals surface area contributed by atoms with Gasteiger partial charge in [0.15, 0.2) is 0 Å². The summed E-state index contributed by atoms with van der Waals surface area (Å²) >= 11 is 1.41. The van der Waals surface area contributed by atoms with E-state index in [0.29, 0.717) is 5.01 Å². The summed E-state index contributed by atoms with van der Waals surface area (Å²) in [6.07, 6.45) is 1.68. The van der Waals surface area contributed by atoms with E-state index in [0.717, 1.165) is 10.9 Å². The predicted molar refractivity (Wildman–Crippen MR) is 85.8 cm³/mol. The summed E-state index contributed by atoms with van der Waals surface area (Å²) in [4.78, 5) is 29.4. The van der Waals surface area contributed by atoms with Crippen LogP contribution in [-0.2, 0) is 6.54 Å². The van der Waals surface area contributed by atoms with Gasteiger partial charge in [-0.3, -0.25) is 4.79 Å². The second-order valence-corrected chi connectivity index (χ2v) is 6.50. The number of pyridine rings is 1. The van der Waals surface area contributed by atoms with Crippen LogP contribution in [0.2, 0.25) is 0 Å². The highest BCUT2D eigenvalue weighted by atomic mass is 32.1. The molecule has 7 heteroatoms. The first-order chi connectivity index (χ1) is 10.9. The van der Waals surface area contributed by atoms with Crippen molar-refractivity contribution in [2.45, 2.75) is 20.4 Å². The van der Waals surface area contributed by atoms with E-state index in [1.165, 1.54) is 28.0 Å². The second-order valence-electron chi connectivity index (χ2n) is 5.18. The molecule has 0 saturated carbocycles. The van der Waals surface area contributed by atoms with Crippen molar-refractivity contribution in [1.29, 1.82) is 0 Å². The van der Waals surface area contributed by atoms with E-state index in [2.05, 4.69) is 4.98 Å². The molecule has 0 aliphatic heterocycles. The van der Waals surface area contributed by atoms with Crippen molar-refractivity contribution in [3.63, 3.8) is 0 Å². The minimum Gasteiger partial charge on any atom is -0.478 e. The van der Waals surface area contributed by atoms with Gasteiger partial charge >= 0.3 is 5.97 Å². The largest absolute Gasteiger partial charge is 0.478 e. The topological polar surface area (TPSA) is 72.2 Å². The van der Waals surface area contributed by atoms with Gasteiger partial charge in [-0.1, -0.05) is 12.1 Å².